The van der Waals surface area contributed by atoms with Crippen molar-refractivity contribution in [3.63, 3.8) is 0 Å². The number of carbonyl (C=O) groups excluding carboxylic acids is 1. The van der Waals surface area contributed by atoms with Crippen molar-refractivity contribution in [3.8, 4) is 0 Å². The predicted molar refractivity (Wildman–Crippen MR) is 253 cm³/mol. The van der Waals surface area contributed by atoms with Gasteiger partial charge in [0, 0.05) is 6.42 Å². The number of carbonyl (C=O) groups is 1. The molecule has 0 radical (unpaired) electrons. The van der Waals surface area contributed by atoms with Gasteiger partial charge in [-0.15, -0.1) is 0 Å². The zero-order chi connectivity index (χ0) is 47.5. The maximum absolute atomic E-state index is 13.1. The smallest absolute Gasteiger partial charge is 0.220 e. The highest BCUT2D eigenvalue weighted by atomic mass is 16.7. The summed E-state index contributed by atoms with van der Waals surface area (Å²) < 4.78 is 22.6. The molecule has 14 heteroatoms. The van der Waals surface area contributed by atoms with Crippen molar-refractivity contribution in [1.82, 2.24) is 5.32 Å². The van der Waals surface area contributed by atoms with Gasteiger partial charge in [0.05, 0.1) is 32.0 Å². The van der Waals surface area contributed by atoms with Crippen LogP contribution in [0.4, 0.5) is 0 Å². The van der Waals surface area contributed by atoms with Crippen LogP contribution in [0.1, 0.15) is 123 Å². The number of rotatable bonds is 34. The molecule has 1 amide bonds. The fraction of sp³-hybridized carbons (Fsp3) is 0.667. The zero-order valence-electron chi connectivity index (χ0n) is 38.9. The molecule has 2 heterocycles. The Kier molecular flexibility index (Phi) is 33.0. The van der Waals surface area contributed by atoms with Crippen LogP contribution < -0.4 is 5.32 Å². The quantitative estimate of drug-likeness (QED) is 0.0284. The minimum absolute atomic E-state index is 0.185. The average molecular weight is 918 g/mol. The number of amides is 1. The van der Waals surface area contributed by atoms with E-state index in [0.717, 1.165) is 57.8 Å². The molecule has 0 aliphatic carbocycles. The third-order valence-corrected chi connectivity index (χ3v) is 11.0. The van der Waals surface area contributed by atoms with Gasteiger partial charge in [0.25, 0.3) is 0 Å². The molecule has 12 unspecified atom stereocenters. The molecule has 0 saturated carbocycles. The lowest BCUT2D eigenvalue weighted by Crippen LogP contribution is -2.65. The first kappa shape index (κ1) is 58.0. The summed E-state index contributed by atoms with van der Waals surface area (Å²) in [6, 6.07) is -0.972. The average Bonchev–Trinajstić information content (AvgIpc) is 3.30. The minimum atomic E-state index is -1.80. The molecule has 0 bridgehead atoms. The van der Waals surface area contributed by atoms with Crippen LogP contribution in [0.15, 0.2) is 97.2 Å². The van der Waals surface area contributed by atoms with Gasteiger partial charge in [-0.2, -0.15) is 0 Å². The molecule has 0 aromatic heterocycles. The van der Waals surface area contributed by atoms with Crippen LogP contribution in [-0.2, 0) is 23.7 Å². The second-order valence-corrected chi connectivity index (χ2v) is 16.5. The first-order valence-corrected chi connectivity index (χ1v) is 24.0. The Labute approximate surface area is 388 Å². The van der Waals surface area contributed by atoms with Crippen molar-refractivity contribution in [2.75, 3.05) is 19.8 Å². The minimum Gasteiger partial charge on any atom is -0.394 e. The molecule has 2 rings (SSSR count). The normalized spacial score (nSPS) is 27.9. The van der Waals surface area contributed by atoms with Crippen molar-refractivity contribution in [2.24, 2.45) is 0 Å². The largest absolute Gasteiger partial charge is 0.394 e. The highest BCUT2D eigenvalue weighted by Gasteiger charge is 2.50. The lowest BCUT2D eigenvalue weighted by molar-refractivity contribution is -0.359. The summed E-state index contributed by atoms with van der Waals surface area (Å²) in [5.74, 6) is -0.317. The third kappa shape index (κ3) is 24.5. The molecule has 370 valence electrons. The maximum atomic E-state index is 13.1. The van der Waals surface area contributed by atoms with Crippen molar-refractivity contribution in [1.29, 1.82) is 0 Å². The standard InChI is InChI=1S/C51H83NO13/c1-3-5-7-9-11-13-15-17-19-20-21-23-25-27-29-31-33-35-43(56)52-39(40(55)34-32-30-28-26-24-22-18-16-14-12-10-8-6-4-2)38-62-50-48(61)46(59)49(42(37-54)64-50)65-51-47(60)45(58)44(57)41(36-53)63-51/h5,7,11,13-14,16-17,19,21,23-24,26-27,29,32,34,39-42,44-51,53-55,57-61H,3-4,6,8-10,12,15,18,20,22,25,28,30-31,33,35-38H2,1-2H3,(H,52,56)/b7-5-,13-11-,16-14+,19-17-,23-21-,26-24+,29-27-,34-32+. The topological polar surface area (TPSA) is 228 Å². The maximum Gasteiger partial charge on any atom is 0.220 e. The number of unbranched alkanes of at least 4 members (excludes halogenated alkanes) is 7. The number of nitrogens with one attached hydrogen (secondary N) is 1. The Bertz CT molecular complexity index is 1460. The number of aliphatic hydroxyl groups excluding tert-OH is 8. The van der Waals surface area contributed by atoms with E-state index in [1.165, 1.54) is 25.7 Å². The number of allylic oxidation sites excluding steroid dienone is 15. The van der Waals surface area contributed by atoms with Gasteiger partial charge in [0.2, 0.25) is 5.91 Å². The summed E-state index contributed by atoms with van der Waals surface area (Å²) in [7, 11) is 0. The van der Waals surface area contributed by atoms with Gasteiger partial charge in [-0.3, -0.25) is 4.79 Å². The fourth-order valence-corrected chi connectivity index (χ4v) is 7.06. The molecule has 0 spiro atoms. The van der Waals surface area contributed by atoms with E-state index in [4.69, 9.17) is 18.9 Å². The number of hydrogen-bond donors (Lipinski definition) is 9. The van der Waals surface area contributed by atoms with E-state index in [0.29, 0.717) is 19.3 Å². The van der Waals surface area contributed by atoms with Gasteiger partial charge in [-0.1, -0.05) is 130 Å². The molecule has 9 N–H and O–H groups in total. The summed E-state index contributed by atoms with van der Waals surface area (Å²) in [5.41, 5.74) is 0. The molecule has 2 fully saturated rings. The number of ether oxygens (including phenoxy) is 4. The molecule has 65 heavy (non-hydrogen) atoms. The summed E-state index contributed by atoms with van der Waals surface area (Å²) in [6.45, 7) is 2.54. The van der Waals surface area contributed by atoms with Crippen LogP contribution >= 0.6 is 0 Å². The van der Waals surface area contributed by atoms with E-state index in [2.05, 4.69) is 98.2 Å². The molecule has 2 aliphatic rings. The lowest BCUT2D eigenvalue weighted by Gasteiger charge is -2.46. The van der Waals surface area contributed by atoms with E-state index in [-0.39, 0.29) is 18.9 Å². The molecule has 12 atom stereocenters. The van der Waals surface area contributed by atoms with Crippen LogP contribution in [-0.4, -0.2) is 140 Å². The monoisotopic (exact) mass is 918 g/mol. The molecule has 2 aliphatic heterocycles. The van der Waals surface area contributed by atoms with Crippen LogP contribution in [0.25, 0.3) is 0 Å². The number of aliphatic hydroxyl groups is 8. The molecule has 0 aromatic carbocycles. The van der Waals surface area contributed by atoms with Crippen LogP contribution in [0, 0.1) is 0 Å². The second-order valence-electron chi connectivity index (χ2n) is 16.5. The molecule has 0 aromatic rings. The first-order valence-electron chi connectivity index (χ1n) is 24.0. The lowest BCUT2D eigenvalue weighted by atomic mass is 9.97. The van der Waals surface area contributed by atoms with Crippen molar-refractivity contribution in [2.45, 2.75) is 197 Å². The van der Waals surface area contributed by atoms with E-state index in [1.54, 1.807) is 6.08 Å². The Morgan fingerprint density at radius 3 is 1.66 bits per heavy atom. The zero-order valence-corrected chi connectivity index (χ0v) is 38.9. The second kappa shape index (κ2) is 37.0. The van der Waals surface area contributed by atoms with Gasteiger partial charge < -0.3 is 65.1 Å². The van der Waals surface area contributed by atoms with Gasteiger partial charge >= 0.3 is 0 Å². The van der Waals surface area contributed by atoms with Crippen LogP contribution in [0.2, 0.25) is 0 Å². The molecule has 2 saturated heterocycles. The molecular weight excluding hydrogens is 835 g/mol. The van der Waals surface area contributed by atoms with Crippen molar-refractivity contribution >= 4 is 5.91 Å². The van der Waals surface area contributed by atoms with E-state index < -0.39 is 86.8 Å². The van der Waals surface area contributed by atoms with Gasteiger partial charge in [0.1, 0.15) is 48.8 Å². The summed E-state index contributed by atoms with van der Waals surface area (Å²) >= 11 is 0. The van der Waals surface area contributed by atoms with Crippen LogP contribution in [0.5, 0.6) is 0 Å². The number of hydrogen-bond acceptors (Lipinski definition) is 13. The third-order valence-electron chi connectivity index (χ3n) is 11.0. The highest BCUT2D eigenvalue weighted by molar-refractivity contribution is 5.76. The highest BCUT2D eigenvalue weighted by Crippen LogP contribution is 2.30. The summed E-state index contributed by atoms with van der Waals surface area (Å²) in [4.78, 5) is 13.1. The molecular formula is C51H83NO13. The van der Waals surface area contributed by atoms with Gasteiger partial charge in [-0.25, -0.2) is 0 Å². The first-order chi connectivity index (χ1) is 31.6. The predicted octanol–water partition coefficient (Wildman–Crippen LogP) is 5.59. The summed E-state index contributed by atoms with van der Waals surface area (Å²) in [6.07, 6.45) is 31.7. The van der Waals surface area contributed by atoms with Gasteiger partial charge in [0.15, 0.2) is 12.6 Å². The Morgan fingerprint density at radius 2 is 1.08 bits per heavy atom. The summed E-state index contributed by atoms with van der Waals surface area (Å²) in [5, 5.41) is 86.5. The Balaban J connectivity index is 1.94. The van der Waals surface area contributed by atoms with E-state index in [1.807, 2.05) is 12.2 Å². The van der Waals surface area contributed by atoms with Crippen molar-refractivity contribution in [3.05, 3.63) is 97.2 Å². The molecule has 14 nitrogen and oxygen atoms in total. The van der Waals surface area contributed by atoms with E-state index >= 15 is 0 Å². The van der Waals surface area contributed by atoms with Crippen molar-refractivity contribution < 1.29 is 64.6 Å². The van der Waals surface area contributed by atoms with Gasteiger partial charge in [-0.05, 0) is 83.5 Å². The fourth-order valence-electron chi connectivity index (χ4n) is 7.06. The van der Waals surface area contributed by atoms with Crippen LogP contribution in [0.3, 0.4) is 0 Å². The van der Waals surface area contributed by atoms with E-state index in [9.17, 15) is 45.6 Å². The SMILES string of the molecule is CC/C=C\C/C=C\C/C=C\C/C=C\C/C=C\CCCC(=O)NC(COC1OC(CO)C(OC2OC(CO)C(O)C(O)C2O)C(O)C1O)C(O)/C=C/CC/C=C/CC/C=C/CCCCCC. The Hall–Kier alpha value is -3.09. The Morgan fingerprint density at radius 1 is 0.569 bits per heavy atom.